The second-order valence-corrected chi connectivity index (χ2v) is 12.1. The van der Waals surface area contributed by atoms with E-state index < -0.39 is 36.0 Å². The lowest BCUT2D eigenvalue weighted by Gasteiger charge is -2.21. The lowest BCUT2D eigenvalue weighted by molar-refractivity contribution is -0.147. The number of aromatic nitrogens is 3. The summed E-state index contributed by atoms with van der Waals surface area (Å²) in [6, 6.07) is 6.24. The van der Waals surface area contributed by atoms with E-state index in [9.17, 15) is 14.4 Å². The summed E-state index contributed by atoms with van der Waals surface area (Å²) in [6.07, 6.45) is 4.00. The predicted octanol–water partition coefficient (Wildman–Crippen LogP) is 4.15. The minimum Gasteiger partial charge on any atom is -0.462 e. The number of nitrogens with zero attached hydrogens (tertiary/aromatic N) is 2. The lowest BCUT2D eigenvalue weighted by Crippen LogP contribution is -2.39. The van der Waals surface area contributed by atoms with Crippen LogP contribution in [0.1, 0.15) is 68.7 Å². The van der Waals surface area contributed by atoms with E-state index in [0.29, 0.717) is 34.2 Å². The van der Waals surface area contributed by atoms with Crippen molar-refractivity contribution in [3.05, 3.63) is 64.6 Å². The van der Waals surface area contributed by atoms with Gasteiger partial charge in [-0.05, 0) is 54.5 Å². The molecule has 13 heteroatoms. The van der Waals surface area contributed by atoms with E-state index in [2.05, 4.69) is 25.6 Å². The third kappa shape index (κ3) is 10.0. The van der Waals surface area contributed by atoms with E-state index in [1.54, 1.807) is 42.7 Å². The molecule has 2 aromatic heterocycles. The average molecular weight is 642 g/mol. The zero-order valence-electron chi connectivity index (χ0n) is 26.6. The number of halogens is 1. The number of hydrogen-bond acceptors (Lipinski definition) is 10. The molecular formula is C32H44ClN7O5. The number of carbonyl (C=O) groups is 3. The topological polar surface area (TPSA) is 187 Å². The van der Waals surface area contributed by atoms with Crippen LogP contribution in [0, 0.1) is 18.8 Å². The van der Waals surface area contributed by atoms with Crippen LogP contribution in [0.3, 0.4) is 0 Å². The fourth-order valence-electron chi connectivity index (χ4n) is 4.18. The second-order valence-electron chi connectivity index (χ2n) is 11.7. The molecule has 0 aliphatic rings. The van der Waals surface area contributed by atoms with E-state index in [1.807, 2.05) is 41.5 Å². The first-order chi connectivity index (χ1) is 21.3. The molecule has 0 unspecified atom stereocenters. The van der Waals surface area contributed by atoms with Crippen molar-refractivity contribution in [2.75, 3.05) is 18.5 Å². The maximum absolute atomic E-state index is 13.4. The Morgan fingerprint density at radius 1 is 1.00 bits per heavy atom. The zero-order chi connectivity index (χ0) is 33.3. The molecule has 2 heterocycles. The van der Waals surface area contributed by atoms with Gasteiger partial charge in [-0.1, -0.05) is 58.4 Å². The van der Waals surface area contributed by atoms with Crippen LogP contribution in [0.4, 0.5) is 5.95 Å². The number of amides is 1. The van der Waals surface area contributed by atoms with Gasteiger partial charge in [-0.2, -0.15) is 0 Å². The van der Waals surface area contributed by atoms with Gasteiger partial charge in [0.25, 0.3) is 5.91 Å². The first-order valence-corrected chi connectivity index (χ1v) is 15.4. The van der Waals surface area contributed by atoms with Crippen molar-refractivity contribution in [1.82, 2.24) is 20.3 Å². The number of esters is 2. The summed E-state index contributed by atoms with van der Waals surface area (Å²) in [6.45, 7) is 11.2. The molecule has 0 aliphatic carbocycles. The quantitative estimate of drug-likeness (QED) is 0.151. The van der Waals surface area contributed by atoms with Gasteiger partial charge in [0, 0.05) is 23.0 Å². The Hall–Kier alpha value is -4.00. The number of nitrogens with two attached hydrogens (primary N) is 2. The number of anilines is 1. The van der Waals surface area contributed by atoms with Crippen molar-refractivity contribution in [3.8, 4) is 11.3 Å². The van der Waals surface area contributed by atoms with Crippen molar-refractivity contribution in [3.63, 3.8) is 0 Å². The molecule has 3 aromatic rings. The number of H-pyrrole nitrogens is 1. The molecule has 0 radical (unpaired) electrons. The molecular weight excluding hydrogens is 598 g/mol. The molecule has 3 rings (SSSR count). The minimum absolute atomic E-state index is 0.0317. The smallest absolute Gasteiger partial charge is 0.323 e. The Bertz CT molecular complexity index is 1460. The fourth-order valence-corrected chi connectivity index (χ4v) is 4.37. The molecule has 244 valence electrons. The van der Waals surface area contributed by atoms with Crippen molar-refractivity contribution < 1.29 is 23.9 Å². The number of ether oxygens (including phenoxy) is 2. The maximum atomic E-state index is 13.4. The summed E-state index contributed by atoms with van der Waals surface area (Å²) in [7, 11) is 0. The first-order valence-electron chi connectivity index (χ1n) is 15.0. The van der Waals surface area contributed by atoms with Crippen LogP contribution in [0.2, 0.25) is 5.02 Å². The fraction of sp³-hybridized carbons (Fsp3) is 0.469. The van der Waals surface area contributed by atoms with E-state index in [0.717, 1.165) is 5.56 Å². The highest BCUT2D eigenvalue weighted by atomic mass is 35.5. The van der Waals surface area contributed by atoms with Crippen LogP contribution in [0.5, 0.6) is 0 Å². The lowest BCUT2D eigenvalue weighted by atomic mass is 10.1. The van der Waals surface area contributed by atoms with Gasteiger partial charge in [0.2, 0.25) is 5.95 Å². The highest BCUT2D eigenvalue weighted by Gasteiger charge is 2.24. The largest absolute Gasteiger partial charge is 0.462 e. The molecule has 0 aliphatic heterocycles. The van der Waals surface area contributed by atoms with E-state index in [4.69, 9.17) is 32.5 Å². The van der Waals surface area contributed by atoms with Gasteiger partial charge in [-0.3, -0.25) is 14.4 Å². The molecule has 12 nitrogen and oxygen atoms in total. The third-order valence-electron chi connectivity index (χ3n) is 7.36. The molecule has 4 atom stereocenters. The van der Waals surface area contributed by atoms with Crippen molar-refractivity contribution in [1.29, 1.82) is 0 Å². The van der Waals surface area contributed by atoms with Gasteiger partial charge in [0.15, 0.2) is 0 Å². The highest BCUT2D eigenvalue weighted by molar-refractivity contribution is 6.30. The van der Waals surface area contributed by atoms with Crippen LogP contribution in [-0.4, -0.2) is 64.1 Å². The summed E-state index contributed by atoms with van der Waals surface area (Å²) >= 11 is 6.20. The number of carbonyl (C=O) groups excluding carboxylic acids is 3. The molecule has 1 amide bonds. The standard InChI is InChI=1S/C32H44ClN7O5/c1-7-23(15-44-30(42)26(34)17(2)3)38-32-37-13-19(6)28(40-32)21-12-24(36-14-21)29(41)39-25(20-9-8-10-22(33)11-20)16-45-31(43)27(35)18(4)5/h8-14,17-18,23,25-27,36H,7,15-16,34-35H2,1-6H3,(H,39,41)(H,37,38,40)/t23-,25-,26+,27-/m1/s1. The number of rotatable bonds is 15. The summed E-state index contributed by atoms with van der Waals surface area (Å²) in [5, 5.41) is 6.61. The summed E-state index contributed by atoms with van der Waals surface area (Å²) < 4.78 is 10.9. The van der Waals surface area contributed by atoms with Crippen molar-refractivity contribution in [2.24, 2.45) is 23.3 Å². The normalized spacial score (nSPS) is 14.0. The minimum atomic E-state index is -0.784. The van der Waals surface area contributed by atoms with Crippen LogP contribution in [-0.2, 0) is 19.1 Å². The Morgan fingerprint density at radius 2 is 1.64 bits per heavy atom. The Labute approximate surface area is 269 Å². The van der Waals surface area contributed by atoms with Gasteiger partial charge in [-0.15, -0.1) is 0 Å². The van der Waals surface area contributed by atoms with Crippen LogP contribution >= 0.6 is 11.6 Å². The van der Waals surface area contributed by atoms with Crippen LogP contribution in [0.15, 0.2) is 42.7 Å². The number of nitrogens with one attached hydrogen (secondary N) is 3. The highest BCUT2D eigenvalue weighted by Crippen LogP contribution is 2.24. The summed E-state index contributed by atoms with van der Waals surface area (Å²) in [5.74, 6) is -1.22. The first kappa shape index (κ1) is 35.5. The van der Waals surface area contributed by atoms with E-state index in [-0.39, 0.29) is 36.8 Å². The van der Waals surface area contributed by atoms with Gasteiger partial charge in [-0.25, -0.2) is 9.97 Å². The predicted molar refractivity (Wildman–Crippen MR) is 173 cm³/mol. The average Bonchev–Trinajstić information content (AvgIpc) is 3.51. The third-order valence-corrected chi connectivity index (χ3v) is 7.59. The van der Waals surface area contributed by atoms with E-state index >= 15 is 0 Å². The number of aromatic amines is 1. The second kappa shape index (κ2) is 16.4. The van der Waals surface area contributed by atoms with E-state index in [1.165, 1.54) is 0 Å². The number of hydrogen-bond donors (Lipinski definition) is 5. The molecule has 1 aromatic carbocycles. The van der Waals surface area contributed by atoms with Crippen LogP contribution < -0.4 is 22.1 Å². The molecule has 0 saturated carbocycles. The van der Waals surface area contributed by atoms with Gasteiger partial charge in [0.1, 0.15) is 31.0 Å². The SMILES string of the molecule is CC[C@H](COC(=O)[C@@H](N)C(C)C)Nc1ncc(C)c(-c2c[nH]c(C(=O)N[C@H](COC(=O)[C@H](N)C(C)C)c3cccc(Cl)c3)c2)n1. The number of aryl methyl sites for hydroxylation is 1. The Balaban J connectivity index is 1.74. The summed E-state index contributed by atoms with van der Waals surface area (Å²) in [5.41, 5.74) is 14.8. The molecule has 45 heavy (non-hydrogen) atoms. The van der Waals surface area contributed by atoms with Crippen molar-refractivity contribution in [2.45, 2.75) is 72.1 Å². The summed E-state index contributed by atoms with van der Waals surface area (Å²) in [4.78, 5) is 50.1. The van der Waals surface area contributed by atoms with Gasteiger partial charge in [0.05, 0.1) is 17.8 Å². The van der Waals surface area contributed by atoms with Gasteiger partial charge >= 0.3 is 11.9 Å². The monoisotopic (exact) mass is 641 g/mol. The number of benzene rings is 1. The molecule has 0 bridgehead atoms. The Kier molecular flexibility index (Phi) is 12.9. The van der Waals surface area contributed by atoms with Gasteiger partial charge < -0.3 is 36.6 Å². The van der Waals surface area contributed by atoms with Crippen molar-refractivity contribution >= 4 is 35.4 Å². The molecule has 0 saturated heterocycles. The zero-order valence-corrected chi connectivity index (χ0v) is 27.4. The van der Waals surface area contributed by atoms with Crippen LogP contribution in [0.25, 0.3) is 11.3 Å². The Morgan fingerprint density at radius 3 is 2.24 bits per heavy atom. The maximum Gasteiger partial charge on any atom is 0.323 e. The molecule has 0 spiro atoms. The molecule has 7 N–H and O–H groups in total. The molecule has 0 fully saturated rings.